The second-order valence-electron chi connectivity index (χ2n) is 8.91. The van der Waals surface area contributed by atoms with E-state index in [0.29, 0.717) is 35.5 Å². The Kier molecular flexibility index (Phi) is 7.37. The highest BCUT2D eigenvalue weighted by atomic mass is 16.5. The quantitative estimate of drug-likeness (QED) is 0.638. The lowest BCUT2D eigenvalue weighted by molar-refractivity contribution is -0.130. The highest BCUT2D eigenvalue weighted by molar-refractivity contribution is 6.00. The molecule has 1 aromatic carbocycles. The van der Waals surface area contributed by atoms with Gasteiger partial charge in [-0.05, 0) is 38.0 Å². The van der Waals surface area contributed by atoms with Gasteiger partial charge in [0.1, 0.15) is 25.1 Å². The lowest BCUT2D eigenvalue weighted by atomic mass is 9.94. The van der Waals surface area contributed by atoms with Gasteiger partial charge in [-0.2, -0.15) is 5.10 Å². The smallest absolute Gasteiger partial charge is 0.257 e. The predicted octanol–water partition coefficient (Wildman–Crippen LogP) is 1.72. The normalized spacial score (nSPS) is 21.8. The average Bonchev–Trinajstić information content (AvgIpc) is 3.12. The molecule has 0 saturated carbocycles. The van der Waals surface area contributed by atoms with E-state index in [2.05, 4.69) is 15.7 Å². The van der Waals surface area contributed by atoms with E-state index < -0.39 is 0 Å². The van der Waals surface area contributed by atoms with Gasteiger partial charge in [-0.15, -0.1) is 0 Å². The van der Waals surface area contributed by atoms with Crippen LogP contribution in [0, 0.1) is 6.92 Å². The number of methoxy groups -OCH3 is 1. The molecule has 1 fully saturated rings. The minimum absolute atomic E-state index is 0.0798. The third-order valence-corrected chi connectivity index (χ3v) is 6.27. The van der Waals surface area contributed by atoms with Crippen molar-refractivity contribution in [3.8, 4) is 5.75 Å². The maximum Gasteiger partial charge on any atom is 0.257 e. The number of carbonyl (C=O) groups is 3. The van der Waals surface area contributed by atoms with E-state index >= 15 is 0 Å². The van der Waals surface area contributed by atoms with Gasteiger partial charge in [0, 0.05) is 33.1 Å². The first-order chi connectivity index (χ1) is 16.7. The molecular weight excluding hydrogens is 454 g/mol. The van der Waals surface area contributed by atoms with Crippen LogP contribution in [0.25, 0.3) is 0 Å². The Balaban J connectivity index is 1.42. The van der Waals surface area contributed by atoms with Gasteiger partial charge >= 0.3 is 0 Å². The number of benzene rings is 1. The first-order valence-corrected chi connectivity index (χ1v) is 11.5. The summed E-state index contributed by atoms with van der Waals surface area (Å²) in [5.74, 6) is -0.256. The van der Waals surface area contributed by atoms with Crippen molar-refractivity contribution in [2.45, 2.75) is 44.4 Å². The maximum atomic E-state index is 13.3. The Labute approximate surface area is 203 Å². The molecular formula is C24H31N5O6. The van der Waals surface area contributed by atoms with Crippen LogP contribution in [0.1, 0.15) is 35.3 Å². The van der Waals surface area contributed by atoms with Gasteiger partial charge in [0.15, 0.2) is 0 Å². The van der Waals surface area contributed by atoms with Gasteiger partial charge < -0.3 is 29.7 Å². The molecule has 2 aliphatic rings. The third-order valence-electron chi connectivity index (χ3n) is 6.27. The monoisotopic (exact) mass is 485 g/mol. The van der Waals surface area contributed by atoms with Crippen molar-refractivity contribution in [1.29, 1.82) is 0 Å². The number of amides is 3. The molecule has 35 heavy (non-hydrogen) atoms. The Bertz CT molecular complexity index is 1120. The van der Waals surface area contributed by atoms with E-state index in [1.165, 1.54) is 7.11 Å². The lowest BCUT2D eigenvalue weighted by Crippen LogP contribution is -2.53. The Morgan fingerprint density at radius 1 is 1.20 bits per heavy atom. The summed E-state index contributed by atoms with van der Waals surface area (Å²) in [7, 11) is 4.98. The topological polar surface area (TPSA) is 124 Å². The standard InChI is InChI=1S/C24H31N5O6/c1-14-18(11-28(2)27-14)26-22(30)10-16-6-7-19-21(35-16)12-34-20-8-5-15(25-23(31)13-33-4)9-17(20)24(32)29(19)3/h5,8-9,11,16,19,21H,6-7,10,12-13H2,1-4H3,(H,25,31)(H,26,30)/t16-,19+,21-/m0/s1. The SMILES string of the molecule is COCC(=O)Nc1ccc2c(c1)C(=O)N(C)[C@@H]1CC[C@@H](CC(=O)Nc3cn(C)nc3C)O[C@H]1CO2. The van der Waals surface area contributed by atoms with Crippen molar-refractivity contribution >= 4 is 29.1 Å². The molecule has 0 bridgehead atoms. The molecule has 0 spiro atoms. The Morgan fingerprint density at radius 3 is 2.71 bits per heavy atom. The second-order valence-corrected chi connectivity index (χ2v) is 8.91. The van der Waals surface area contributed by atoms with Gasteiger partial charge in [-0.25, -0.2) is 0 Å². The number of aryl methyl sites for hydroxylation is 2. The van der Waals surface area contributed by atoms with Crippen LogP contribution < -0.4 is 15.4 Å². The van der Waals surface area contributed by atoms with E-state index in [1.807, 2.05) is 6.92 Å². The summed E-state index contributed by atoms with van der Waals surface area (Å²) in [4.78, 5) is 39.4. The zero-order valence-corrected chi connectivity index (χ0v) is 20.4. The number of nitrogens with one attached hydrogen (secondary N) is 2. The third kappa shape index (κ3) is 5.63. The van der Waals surface area contributed by atoms with Crippen LogP contribution in [0.2, 0.25) is 0 Å². The molecule has 0 radical (unpaired) electrons. The summed E-state index contributed by atoms with van der Waals surface area (Å²) in [5.41, 5.74) is 2.29. The summed E-state index contributed by atoms with van der Waals surface area (Å²) < 4.78 is 18.7. The van der Waals surface area contributed by atoms with Crippen LogP contribution in [0.3, 0.4) is 0 Å². The van der Waals surface area contributed by atoms with Crippen molar-refractivity contribution in [2.24, 2.45) is 7.05 Å². The van der Waals surface area contributed by atoms with E-state index in [0.717, 1.165) is 5.69 Å². The average molecular weight is 486 g/mol. The van der Waals surface area contributed by atoms with Gasteiger partial charge in [0.2, 0.25) is 11.8 Å². The van der Waals surface area contributed by atoms with Crippen molar-refractivity contribution in [2.75, 3.05) is 38.0 Å². The number of ether oxygens (including phenoxy) is 3. The van der Waals surface area contributed by atoms with Crippen LogP contribution in [0.5, 0.6) is 5.75 Å². The summed E-state index contributed by atoms with van der Waals surface area (Å²) in [6.07, 6.45) is 2.64. The van der Waals surface area contributed by atoms with Gasteiger partial charge in [0.25, 0.3) is 5.91 Å². The number of hydrogen-bond donors (Lipinski definition) is 2. The first-order valence-electron chi connectivity index (χ1n) is 11.5. The van der Waals surface area contributed by atoms with Crippen LogP contribution in [0.15, 0.2) is 24.4 Å². The van der Waals surface area contributed by atoms with Crippen molar-refractivity contribution in [1.82, 2.24) is 14.7 Å². The van der Waals surface area contributed by atoms with Crippen LogP contribution >= 0.6 is 0 Å². The zero-order valence-electron chi connectivity index (χ0n) is 20.4. The molecule has 2 N–H and O–H groups in total. The number of fused-ring (bicyclic) bond motifs is 2. The fourth-order valence-corrected chi connectivity index (χ4v) is 4.56. The number of anilines is 2. The summed E-state index contributed by atoms with van der Waals surface area (Å²) >= 11 is 0. The molecule has 3 heterocycles. The van der Waals surface area contributed by atoms with Crippen LogP contribution in [-0.4, -0.2) is 78.0 Å². The van der Waals surface area contributed by atoms with E-state index in [9.17, 15) is 14.4 Å². The van der Waals surface area contributed by atoms with Crippen LogP contribution in [-0.2, 0) is 26.1 Å². The molecule has 3 atom stereocenters. The molecule has 1 aromatic heterocycles. The number of rotatable bonds is 6. The highest BCUT2D eigenvalue weighted by Crippen LogP contribution is 2.32. The number of hydrogen-bond acceptors (Lipinski definition) is 7. The Hall–Kier alpha value is -3.44. The summed E-state index contributed by atoms with van der Waals surface area (Å²) in [6, 6.07) is 4.75. The zero-order chi connectivity index (χ0) is 25.1. The van der Waals surface area contributed by atoms with Gasteiger partial charge in [0.05, 0.1) is 35.5 Å². The number of carbonyl (C=O) groups excluding carboxylic acids is 3. The number of aromatic nitrogens is 2. The minimum Gasteiger partial charge on any atom is -0.490 e. The Morgan fingerprint density at radius 2 is 2.00 bits per heavy atom. The molecule has 3 amide bonds. The van der Waals surface area contributed by atoms with Crippen LogP contribution in [0.4, 0.5) is 11.4 Å². The fraction of sp³-hybridized carbons (Fsp3) is 0.500. The molecule has 4 rings (SSSR count). The fourth-order valence-electron chi connectivity index (χ4n) is 4.56. The van der Waals surface area contributed by atoms with Crippen molar-refractivity contribution in [3.63, 3.8) is 0 Å². The minimum atomic E-state index is -0.370. The van der Waals surface area contributed by atoms with Crippen molar-refractivity contribution < 1.29 is 28.6 Å². The summed E-state index contributed by atoms with van der Waals surface area (Å²) in [6.45, 7) is 2.00. The van der Waals surface area contributed by atoms with E-state index in [1.54, 1.807) is 48.1 Å². The van der Waals surface area contributed by atoms with Gasteiger partial charge in [-0.1, -0.05) is 0 Å². The highest BCUT2D eigenvalue weighted by Gasteiger charge is 2.39. The maximum absolute atomic E-state index is 13.3. The molecule has 2 aromatic rings. The molecule has 2 aliphatic heterocycles. The molecule has 188 valence electrons. The first kappa shape index (κ1) is 24.7. The van der Waals surface area contributed by atoms with E-state index in [-0.39, 0.29) is 55.6 Å². The van der Waals surface area contributed by atoms with E-state index in [4.69, 9.17) is 14.2 Å². The molecule has 11 nitrogen and oxygen atoms in total. The molecule has 1 saturated heterocycles. The van der Waals surface area contributed by atoms with Gasteiger partial charge in [-0.3, -0.25) is 19.1 Å². The van der Waals surface area contributed by atoms with Crippen molar-refractivity contribution in [3.05, 3.63) is 35.7 Å². The second kappa shape index (κ2) is 10.4. The molecule has 11 heteroatoms. The summed E-state index contributed by atoms with van der Waals surface area (Å²) in [5, 5.41) is 9.84. The molecule has 0 aliphatic carbocycles. The number of nitrogens with zero attached hydrogens (tertiary/aromatic N) is 3. The lowest BCUT2D eigenvalue weighted by Gasteiger charge is -2.42. The largest absolute Gasteiger partial charge is 0.490 e. The molecule has 0 unspecified atom stereocenters. The number of likely N-dealkylation sites (N-methyl/N-ethyl adjacent to an activating group) is 1. The predicted molar refractivity (Wildman–Crippen MR) is 127 cm³/mol.